The second-order valence-electron chi connectivity index (χ2n) is 3.76. The summed E-state index contributed by atoms with van der Waals surface area (Å²) in [5.74, 6) is 1.35. The van der Waals surface area contributed by atoms with Gasteiger partial charge in [0.15, 0.2) is 0 Å². The van der Waals surface area contributed by atoms with E-state index in [0.717, 1.165) is 16.9 Å². The Morgan fingerprint density at radius 3 is 2.82 bits per heavy atom. The number of halogens is 1. The molecule has 1 aromatic heterocycles. The summed E-state index contributed by atoms with van der Waals surface area (Å²) in [6.45, 7) is 2.45. The van der Waals surface area contributed by atoms with E-state index in [1.807, 2.05) is 25.1 Å². The molecule has 0 radical (unpaired) electrons. The van der Waals surface area contributed by atoms with Gasteiger partial charge in [0.05, 0.1) is 11.2 Å². The zero-order chi connectivity index (χ0) is 12.3. The summed E-state index contributed by atoms with van der Waals surface area (Å²) in [6.07, 6.45) is 3.18. The molecule has 88 valence electrons. The van der Waals surface area contributed by atoms with Crippen LogP contribution in [-0.4, -0.2) is 4.98 Å². The number of hydrogen-bond donors (Lipinski definition) is 1. The van der Waals surface area contributed by atoms with Crippen molar-refractivity contribution in [1.82, 2.24) is 4.98 Å². The fourth-order valence-electron chi connectivity index (χ4n) is 1.54. The molecule has 0 aliphatic rings. The lowest BCUT2D eigenvalue weighted by Gasteiger charge is -2.10. The van der Waals surface area contributed by atoms with Crippen LogP contribution in [0, 0.1) is 6.92 Å². The highest BCUT2D eigenvalue weighted by Gasteiger charge is 2.04. The second kappa shape index (κ2) is 5.17. The Labute approximate surface area is 105 Å². The molecule has 17 heavy (non-hydrogen) atoms. The van der Waals surface area contributed by atoms with E-state index in [1.54, 1.807) is 18.5 Å². The summed E-state index contributed by atoms with van der Waals surface area (Å²) >= 11 is 5.84. The number of aromatic nitrogens is 1. The lowest BCUT2D eigenvalue weighted by Crippen LogP contribution is -2.00. The van der Waals surface area contributed by atoms with Gasteiger partial charge in [-0.1, -0.05) is 29.3 Å². The van der Waals surface area contributed by atoms with Crippen molar-refractivity contribution in [3.05, 3.63) is 52.8 Å². The van der Waals surface area contributed by atoms with E-state index in [0.29, 0.717) is 17.3 Å². The molecule has 1 heterocycles. The lowest BCUT2D eigenvalue weighted by atomic mass is 10.1. The Bertz CT molecular complexity index is 529. The van der Waals surface area contributed by atoms with Crippen LogP contribution in [0.4, 0.5) is 0 Å². The van der Waals surface area contributed by atoms with Crippen molar-refractivity contribution >= 4 is 11.6 Å². The van der Waals surface area contributed by atoms with Crippen LogP contribution in [0.5, 0.6) is 11.5 Å². The Kier molecular flexibility index (Phi) is 3.61. The zero-order valence-corrected chi connectivity index (χ0v) is 10.2. The molecule has 2 N–H and O–H groups in total. The van der Waals surface area contributed by atoms with Crippen molar-refractivity contribution in [3.63, 3.8) is 0 Å². The molecule has 0 amide bonds. The first-order valence-electron chi connectivity index (χ1n) is 5.27. The van der Waals surface area contributed by atoms with Gasteiger partial charge in [0, 0.05) is 24.4 Å². The van der Waals surface area contributed by atoms with Gasteiger partial charge in [-0.15, -0.1) is 0 Å². The molecule has 0 atom stereocenters. The number of rotatable bonds is 3. The van der Waals surface area contributed by atoms with Gasteiger partial charge in [-0.3, -0.25) is 4.98 Å². The topological polar surface area (TPSA) is 48.1 Å². The first-order chi connectivity index (χ1) is 8.19. The molecule has 0 aliphatic heterocycles. The molecular formula is C13H13ClN2O. The van der Waals surface area contributed by atoms with Crippen LogP contribution in [0.15, 0.2) is 36.7 Å². The Morgan fingerprint density at radius 1 is 1.29 bits per heavy atom. The average Bonchev–Trinajstić information content (AvgIpc) is 2.31. The quantitative estimate of drug-likeness (QED) is 0.907. The fraction of sp³-hybridized carbons (Fsp3) is 0.154. The number of pyridine rings is 1. The molecule has 0 aliphatic carbocycles. The van der Waals surface area contributed by atoms with Crippen molar-refractivity contribution < 1.29 is 4.74 Å². The van der Waals surface area contributed by atoms with E-state index < -0.39 is 0 Å². The number of nitrogens with two attached hydrogens (primary N) is 1. The molecular weight excluding hydrogens is 236 g/mol. The van der Waals surface area contributed by atoms with Crippen molar-refractivity contribution in [2.75, 3.05) is 0 Å². The summed E-state index contributed by atoms with van der Waals surface area (Å²) in [5.41, 5.74) is 7.80. The number of nitrogens with zero attached hydrogens (tertiary/aromatic N) is 1. The zero-order valence-electron chi connectivity index (χ0n) is 9.48. The van der Waals surface area contributed by atoms with E-state index >= 15 is 0 Å². The maximum atomic E-state index is 5.84. The summed E-state index contributed by atoms with van der Waals surface area (Å²) in [5, 5.41) is 0.545. The minimum Gasteiger partial charge on any atom is -0.455 e. The smallest absolute Gasteiger partial charge is 0.147 e. The van der Waals surface area contributed by atoms with E-state index in [4.69, 9.17) is 22.1 Å². The Morgan fingerprint density at radius 2 is 2.12 bits per heavy atom. The predicted octanol–water partition coefficient (Wildman–Crippen LogP) is 3.29. The molecule has 0 spiro atoms. The van der Waals surface area contributed by atoms with Crippen LogP contribution in [0.3, 0.4) is 0 Å². The third kappa shape index (κ3) is 2.96. The van der Waals surface area contributed by atoms with Gasteiger partial charge < -0.3 is 10.5 Å². The average molecular weight is 249 g/mol. The molecule has 0 saturated heterocycles. The summed E-state index contributed by atoms with van der Waals surface area (Å²) < 4.78 is 5.71. The van der Waals surface area contributed by atoms with Crippen molar-refractivity contribution in [1.29, 1.82) is 0 Å². The first-order valence-corrected chi connectivity index (χ1v) is 5.65. The van der Waals surface area contributed by atoms with Crippen molar-refractivity contribution in [2.24, 2.45) is 5.73 Å². The van der Waals surface area contributed by atoms with E-state index in [1.165, 1.54) is 0 Å². The van der Waals surface area contributed by atoms with Gasteiger partial charge in [0.25, 0.3) is 0 Å². The standard InChI is InChI=1S/C13H13ClN2O/c1-9-2-3-13(10(4-9)6-15)17-12-5-11(14)7-16-8-12/h2-5,7-8H,6,15H2,1H3. The molecule has 0 saturated carbocycles. The van der Waals surface area contributed by atoms with Crippen LogP contribution < -0.4 is 10.5 Å². The van der Waals surface area contributed by atoms with Crippen LogP contribution in [0.1, 0.15) is 11.1 Å². The summed E-state index contributed by atoms with van der Waals surface area (Å²) in [7, 11) is 0. The number of benzene rings is 1. The highest BCUT2D eigenvalue weighted by atomic mass is 35.5. The number of aryl methyl sites for hydroxylation is 1. The SMILES string of the molecule is Cc1ccc(Oc2cncc(Cl)c2)c(CN)c1. The van der Waals surface area contributed by atoms with Gasteiger partial charge in [0.1, 0.15) is 11.5 Å². The van der Waals surface area contributed by atoms with E-state index in [-0.39, 0.29) is 0 Å². The van der Waals surface area contributed by atoms with Crippen LogP contribution >= 0.6 is 11.6 Å². The second-order valence-corrected chi connectivity index (χ2v) is 4.19. The molecule has 0 unspecified atom stereocenters. The maximum absolute atomic E-state index is 5.84. The van der Waals surface area contributed by atoms with Crippen LogP contribution in [-0.2, 0) is 6.54 Å². The number of ether oxygens (including phenoxy) is 1. The van der Waals surface area contributed by atoms with E-state index in [9.17, 15) is 0 Å². The van der Waals surface area contributed by atoms with Gasteiger partial charge >= 0.3 is 0 Å². The molecule has 3 nitrogen and oxygen atoms in total. The molecule has 2 aromatic rings. The van der Waals surface area contributed by atoms with Crippen molar-refractivity contribution in [2.45, 2.75) is 13.5 Å². The van der Waals surface area contributed by atoms with Crippen molar-refractivity contribution in [3.8, 4) is 11.5 Å². The largest absolute Gasteiger partial charge is 0.455 e. The third-order valence-corrected chi connectivity index (χ3v) is 2.55. The fourth-order valence-corrected chi connectivity index (χ4v) is 1.71. The van der Waals surface area contributed by atoms with Gasteiger partial charge in [-0.25, -0.2) is 0 Å². The van der Waals surface area contributed by atoms with E-state index in [2.05, 4.69) is 4.98 Å². The predicted molar refractivity (Wildman–Crippen MR) is 68.4 cm³/mol. The normalized spacial score (nSPS) is 10.3. The highest BCUT2D eigenvalue weighted by Crippen LogP contribution is 2.26. The third-order valence-electron chi connectivity index (χ3n) is 2.34. The minimum atomic E-state index is 0.436. The van der Waals surface area contributed by atoms with Gasteiger partial charge in [-0.2, -0.15) is 0 Å². The Balaban J connectivity index is 2.29. The monoisotopic (exact) mass is 248 g/mol. The molecule has 0 bridgehead atoms. The van der Waals surface area contributed by atoms with Gasteiger partial charge in [-0.05, 0) is 13.0 Å². The van der Waals surface area contributed by atoms with Gasteiger partial charge in [0.2, 0.25) is 0 Å². The lowest BCUT2D eigenvalue weighted by molar-refractivity contribution is 0.474. The van der Waals surface area contributed by atoms with Crippen LogP contribution in [0.2, 0.25) is 5.02 Å². The highest BCUT2D eigenvalue weighted by molar-refractivity contribution is 6.30. The molecule has 0 fully saturated rings. The summed E-state index contributed by atoms with van der Waals surface area (Å²) in [4.78, 5) is 3.97. The first kappa shape index (κ1) is 11.9. The van der Waals surface area contributed by atoms with Crippen LogP contribution in [0.25, 0.3) is 0 Å². The maximum Gasteiger partial charge on any atom is 0.147 e. The molecule has 2 rings (SSSR count). The Hall–Kier alpha value is -1.58. The molecule has 1 aromatic carbocycles. The number of hydrogen-bond acceptors (Lipinski definition) is 3. The summed E-state index contributed by atoms with van der Waals surface area (Å²) in [6, 6.07) is 7.60. The molecule has 4 heteroatoms. The minimum absolute atomic E-state index is 0.436.